The molecule has 0 spiro atoms. The maximum Gasteiger partial charge on any atom is 0.295 e. The molecule has 0 fully saturated rings. The molecular formula is C25H30N4O5S. The van der Waals surface area contributed by atoms with Crippen molar-refractivity contribution in [2.45, 2.75) is 39.2 Å². The summed E-state index contributed by atoms with van der Waals surface area (Å²) in [4.78, 5) is 26.4. The average molecular weight is 499 g/mol. The van der Waals surface area contributed by atoms with Crippen LogP contribution in [0.15, 0.2) is 53.3 Å². The van der Waals surface area contributed by atoms with E-state index in [1.165, 1.54) is 8.99 Å². The third-order valence-corrected chi connectivity index (χ3v) is 7.34. The lowest BCUT2D eigenvalue weighted by Gasteiger charge is -2.35. The van der Waals surface area contributed by atoms with Crippen LogP contribution in [0.5, 0.6) is 5.75 Å². The molecule has 3 aromatic rings. The largest absolute Gasteiger partial charge is 0.476 e. The summed E-state index contributed by atoms with van der Waals surface area (Å²) in [6.07, 6.45) is -0.0392. The highest BCUT2D eigenvalue weighted by atomic mass is 32.2. The number of para-hydroxylation sites is 1. The predicted molar refractivity (Wildman–Crippen MR) is 136 cm³/mol. The number of hydrogen-bond donors (Lipinski definition) is 1. The van der Waals surface area contributed by atoms with E-state index >= 15 is 0 Å². The zero-order valence-electron chi connectivity index (χ0n) is 20.7. The molecule has 4 rings (SSSR count). The Morgan fingerprint density at radius 2 is 1.77 bits per heavy atom. The molecule has 9 nitrogen and oxygen atoms in total. The van der Waals surface area contributed by atoms with Crippen molar-refractivity contribution in [3.8, 4) is 11.4 Å². The molecule has 10 heteroatoms. The maximum atomic E-state index is 13.2. The van der Waals surface area contributed by atoms with Gasteiger partial charge in [0.1, 0.15) is 11.4 Å². The van der Waals surface area contributed by atoms with E-state index in [1.807, 2.05) is 45.0 Å². The number of anilines is 2. The van der Waals surface area contributed by atoms with Crippen molar-refractivity contribution in [3.05, 3.63) is 70.1 Å². The number of benzene rings is 2. The van der Waals surface area contributed by atoms with Crippen molar-refractivity contribution >= 4 is 27.3 Å². The van der Waals surface area contributed by atoms with E-state index in [-0.39, 0.29) is 17.6 Å². The summed E-state index contributed by atoms with van der Waals surface area (Å²) in [5.41, 5.74) is 2.07. The molecular weight excluding hydrogens is 468 g/mol. The number of nitrogens with one attached hydrogen (secondary N) is 1. The molecule has 2 heterocycles. The number of amides is 1. The second-order valence-electron chi connectivity index (χ2n) is 9.76. The highest BCUT2D eigenvalue weighted by Gasteiger charge is 2.36. The molecule has 0 saturated carbocycles. The topological polar surface area (TPSA) is 103 Å². The molecule has 0 radical (unpaired) electrons. The van der Waals surface area contributed by atoms with Gasteiger partial charge in [-0.05, 0) is 42.2 Å². The SMILES string of the molecule is Cc1c(NC(=O)C2CN(S(C)(=O)=O)c3cc(C(C)(C)C)ccc3O2)c(=O)n(-c2ccccc2)n1C. The van der Waals surface area contributed by atoms with Crippen LogP contribution in [0.1, 0.15) is 32.0 Å². The van der Waals surface area contributed by atoms with Crippen LogP contribution in [0.4, 0.5) is 11.4 Å². The van der Waals surface area contributed by atoms with Gasteiger partial charge in [0.05, 0.1) is 29.9 Å². The number of ether oxygens (including phenoxy) is 1. The van der Waals surface area contributed by atoms with Crippen LogP contribution in [-0.2, 0) is 27.3 Å². The summed E-state index contributed by atoms with van der Waals surface area (Å²) >= 11 is 0. The van der Waals surface area contributed by atoms with Gasteiger partial charge in [0.15, 0.2) is 6.10 Å². The van der Waals surface area contributed by atoms with Gasteiger partial charge >= 0.3 is 0 Å². The van der Waals surface area contributed by atoms with Gasteiger partial charge in [0, 0.05) is 7.05 Å². The summed E-state index contributed by atoms with van der Waals surface area (Å²) in [7, 11) is -1.97. The molecule has 1 aliphatic heterocycles. The average Bonchev–Trinajstić information content (AvgIpc) is 3.00. The molecule has 1 N–H and O–H groups in total. The second kappa shape index (κ2) is 8.60. The molecule has 1 aromatic heterocycles. The molecule has 0 bridgehead atoms. The fraction of sp³-hybridized carbons (Fsp3) is 0.360. The Morgan fingerprint density at radius 1 is 1.11 bits per heavy atom. The molecule has 186 valence electrons. The van der Waals surface area contributed by atoms with Crippen molar-refractivity contribution in [2.24, 2.45) is 7.05 Å². The molecule has 1 aliphatic rings. The van der Waals surface area contributed by atoms with Crippen LogP contribution in [0, 0.1) is 6.92 Å². The zero-order valence-corrected chi connectivity index (χ0v) is 21.5. The quantitative estimate of drug-likeness (QED) is 0.596. The number of rotatable bonds is 4. The molecule has 1 atom stereocenters. The highest BCUT2D eigenvalue weighted by molar-refractivity contribution is 7.92. The fourth-order valence-electron chi connectivity index (χ4n) is 4.08. The van der Waals surface area contributed by atoms with Gasteiger partial charge in [0.2, 0.25) is 10.0 Å². The van der Waals surface area contributed by atoms with Gasteiger partial charge in [-0.2, -0.15) is 0 Å². The summed E-state index contributed by atoms with van der Waals surface area (Å²) in [6.45, 7) is 7.62. The molecule has 0 aliphatic carbocycles. The first-order valence-electron chi connectivity index (χ1n) is 11.2. The minimum Gasteiger partial charge on any atom is -0.476 e. The van der Waals surface area contributed by atoms with Gasteiger partial charge in [0.25, 0.3) is 11.5 Å². The van der Waals surface area contributed by atoms with Crippen LogP contribution in [0.25, 0.3) is 5.69 Å². The van der Waals surface area contributed by atoms with E-state index in [0.29, 0.717) is 22.8 Å². The first-order valence-corrected chi connectivity index (χ1v) is 13.1. The van der Waals surface area contributed by atoms with E-state index < -0.39 is 27.6 Å². The smallest absolute Gasteiger partial charge is 0.295 e. The monoisotopic (exact) mass is 498 g/mol. The molecule has 2 aromatic carbocycles. The van der Waals surface area contributed by atoms with E-state index in [9.17, 15) is 18.0 Å². The predicted octanol–water partition coefficient (Wildman–Crippen LogP) is 2.95. The van der Waals surface area contributed by atoms with Gasteiger partial charge in [-0.1, -0.05) is 45.0 Å². The molecule has 35 heavy (non-hydrogen) atoms. The number of fused-ring (bicyclic) bond motifs is 1. The lowest BCUT2D eigenvalue weighted by atomic mass is 9.86. The van der Waals surface area contributed by atoms with Crippen LogP contribution in [0.3, 0.4) is 0 Å². The Balaban J connectivity index is 1.68. The number of carbonyl (C=O) groups is 1. The minimum absolute atomic E-state index is 0.115. The summed E-state index contributed by atoms with van der Waals surface area (Å²) in [5, 5.41) is 2.68. The van der Waals surface area contributed by atoms with Gasteiger partial charge in [-0.25, -0.2) is 13.1 Å². The molecule has 1 amide bonds. The third-order valence-electron chi connectivity index (χ3n) is 6.19. The Bertz CT molecular complexity index is 1450. The zero-order chi connectivity index (χ0) is 25.7. The van der Waals surface area contributed by atoms with Crippen LogP contribution in [-0.4, -0.2) is 42.6 Å². The summed E-state index contributed by atoms with van der Waals surface area (Å²) in [6, 6.07) is 14.4. The standard InChI is InChI=1S/C25H30N4O5S/c1-16-22(24(31)29(27(16)5)18-10-8-7-9-11-18)26-23(30)21-15-28(35(6,32)33)19-14-17(25(2,3)4)12-13-20(19)34-21/h7-14,21H,15H2,1-6H3,(H,26,30). The number of carbonyl (C=O) groups excluding carboxylic acids is 1. The first kappa shape index (κ1) is 24.6. The summed E-state index contributed by atoms with van der Waals surface area (Å²) < 4.78 is 35.5. The minimum atomic E-state index is -3.69. The van der Waals surface area contributed by atoms with E-state index in [2.05, 4.69) is 5.32 Å². The Hall–Kier alpha value is -3.53. The maximum absolute atomic E-state index is 13.2. The van der Waals surface area contributed by atoms with Crippen molar-refractivity contribution < 1.29 is 17.9 Å². The molecule has 0 saturated heterocycles. The Morgan fingerprint density at radius 3 is 2.37 bits per heavy atom. The molecule has 1 unspecified atom stereocenters. The third kappa shape index (κ3) is 4.58. The Labute approximate surface area is 205 Å². The lowest BCUT2D eigenvalue weighted by Crippen LogP contribution is -2.49. The van der Waals surface area contributed by atoms with Crippen molar-refractivity contribution in [2.75, 3.05) is 22.4 Å². The number of aromatic nitrogens is 2. The normalized spacial score (nSPS) is 15.9. The van der Waals surface area contributed by atoms with Gasteiger partial charge in [-0.15, -0.1) is 0 Å². The summed E-state index contributed by atoms with van der Waals surface area (Å²) in [5.74, 6) is -0.309. The number of nitrogens with zero attached hydrogens (tertiary/aromatic N) is 3. The fourth-order valence-corrected chi connectivity index (χ4v) is 4.99. The lowest BCUT2D eigenvalue weighted by molar-refractivity contribution is -0.122. The van der Waals surface area contributed by atoms with E-state index in [0.717, 1.165) is 11.8 Å². The van der Waals surface area contributed by atoms with Crippen molar-refractivity contribution in [1.82, 2.24) is 9.36 Å². The van der Waals surface area contributed by atoms with Crippen molar-refractivity contribution in [3.63, 3.8) is 0 Å². The Kier molecular flexibility index (Phi) is 6.04. The number of sulfonamides is 1. The van der Waals surface area contributed by atoms with Crippen molar-refractivity contribution in [1.29, 1.82) is 0 Å². The van der Waals surface area contributed by atoms with Crippen LogP contribution in [0.2, 0.25) is 0 Å². The van der Waals surface area contributed by atoms with E-state index in [1.54, 1.807) is 42.9 Å². The van der Waals surface area contributed by atoms with Gasteiger partial charge < -0.3 is 10.1 Å². The van der Waals surface area contributed by atoms with Gasteiger partial charge in [-0.3, -0.25) is 18.6 Å². The van der Waals surface area contributed by atoms with Crippen LogP contribution >= 0.6 is 0 Å². The van der Waals surface area contributed by atoms with E-state index in [4.69, 9.17) is 4.74 Å². The highest BCUT2D eigenvalue weighted by Crippen LogP contribution is 2.38. The first-order chi connectivity index (χ1) is 16.3. The second-order valence-corrected chi connectivity index (χ2v) is 11.7. The number of hydrogen-bond acceptors (Lipinski definition) is 5. The van der Waals surface area contributed by atoms with Crippen LogP contribution < -0.4 is 19.9 Å².